The van der Waals surface area contributed by atoms with Crippen molar-refractivity contribution in [2.45, 2.75) is 18.8 Å². The number of hydrogen-bond donors (Lipinski definition) is 1. The molecule has 58 valence electrons. The number of nitrogens with zero attached hydrogens (tertiary/aromatic N) is 1. The minimum Gasteiger partial charge on any atom is -0.338 e. The monoisotopic (exact) mass is 152 g/mol. The van der Waals surface area contributed by atoms with Gasteiger partial charge in [-0.2, -0.15) is 0 Å². The maximum Gasteiger partial charge on any atom is 0.231 e. The molecule has 0 spiro atoms. The van der Waals surface area contributed by atoms with Gasteiger partial charge in [-0.25, -0.2) is 0 Å². The molecule has 2 rings (SSSR count). The summed E-state index contributed by atoms with van der Waals surface area (Å²) in [7, 11) is 0. The van der Waals surface area contributed by atoms with Gasteiger partial charge in [0.1, 0.15) is 0 Å². The average Bonchev–Trinajstić information content (AvgIpc) is 2.75. The van der Waals surface area contributed by atoms with Crippen LogP contribution in [0.3, 0.4) is 0 Å². The highest BCUT2D eigenvalue weighted by molar-refractivity contribution is 5.67. The second kappa shape index (κ2) is 2.38. The van der Waals surface area contributed by atoms with Crippen LogP contribution in [0.2, 0.25) is 0 Å². The predicted octanol–water partition coefficient (Wildman–Crippen LogP) is 1.12. The molecule has 1 amide bonds. The molecule has 1 fully saturated rings. The smallest absolute Gasteiger partial charge is 0.231 e. The Bertz CT molecular complexity index is 265. The summed E-state index contributed by atoms with van der Waals surface area (Å²) in [5, 5.41) is 6.20. The van der Waals surface area contributed by atoms with Crippen molar-refractivity contribution in [3.8, 4) is 0 Å². The Morgan fingerprint density at radius 2 is 2.55 bits per heavy atom. The van der Waals surface area contributed by atoms with Gasteiger partial charge in [0.05, 0.1) is 5.69 Å². The van der Waals surface area contributed by atoms with E-state index in [2.05, 4.69) is 10.5 Å². The fourth-order valence-corrected chi connectivity index (χ4v) is 0.986. The molecular weight excluding hydrogens is 144 g/mol. The van der Waals surface area contributed by atoms with Crippen LogP contribution in [0.25, 0.3) is 0 Å². The second-order valence-corrected chi connectivity index (χ2v) is 2.65. The fraction of sp³-hybridized carbons (Fsp3) is 0.429. The molecule has 4 heteroatoms. The molecule has 0 atom stereocenters. The van der Waals surface area contributed by atoms with E-state index in [1.807, 2.05) is 0 Å². The Morgan fingerprint density at radius 1 is 1.73 bits per heavy atom. The lowest BCUT2D eigenvalue weighted by molar-refractivity contribution is -0.105. The van der Waals surface area contributed by atoms with E-state index in [9.17, 15) is 4.79 Å². The number of carbonyl (C=O) groups is 1. The summed E-state index contributed by atoms with van der Waals surface area (Å²) >= 11 is 0. The molecule has 1 aliphatic rings. The predicted molar refractivity (Wildman–Crippen MR) is 38.2 cm³/mol. The van der Waals surface area contributed by atoms with Crippen molar-refractivity contribution in [2.75, 3.05) is 5.32 Å². The zero-order valence-corrected chi connectivity index (χ0v) is 5.91. The van der Waals surface area contributed by atoms with E-state index in [1.54, 1.807) is 6.07 Å². The van der Waals surface area contributed by atoms with Crippen LogP contribution in [-0.2, 0) is 4.79 Å². The van der Waals surface area contributed by atoms with Crippen molar-refractivity contribution in [1.29, 1.82) is 0 Å². The molecule has 0 aliphatic heterocycles. The zero-order chi connectivity index (χ0) is 7.68. The molecule has 0 saturated heterocycles. The molecule has 1 saturated carbocycles. The molecule has 1 heterocycles. The SMILES string of the molecule is O=CNc1cc(C2CC2)no1. The maximum absolute atomic E-state index is 9.97. The lowest BCUT2D eigenvalue weighted by atomic mass is 10.3. The first kappa shape index (κ1) is 6.39. The van der Waals surface area contributed by atoms with Crippen molar-refractivity contribution in [2.24, 2.45) is 0 Å². The third-order valence-electron chi connectivity index (χ3n) is 1.73. The Hall–Kier alpha value is -1.32. The number of amides is 1. The molecule has 1 N–H and O–H groups in total. The van der Waals surface area contributed by atoms with Crippen LogP contribution in [0.5, 0.6) is 0 Å². The quantitative estimate of drug-likeness (QED) is 0.660. The number of nitrogens with one attached hydrogen (secondary N) is 1. The van der Waals surface area contributed by atoms with Crippen LogP contribution in [-0.4, -0.2) is 11.6 Å². The van der Waals surface area contributed by atoms with Gasteiger partial charge in [-0.1, -0.05) is 5.16 Å². The molecule has 1 aliphatic carbocycles. The summed E-state index contributed by atoms with van der Waals surface area (Å²) < 4.78 is 4.81. The van der Waals surface area contributed by atoms with Crippen LogP contribution >= 0.6 is 0 Å². The topological polar surface area (TPSA) is 55.1 Å². The Balaban J connectivity index is 2.11. The molecule has 0 bridgehead atoms. The van der Waals surface area contributed by atoms with Gasteiger partial charge < -0.3 is 4.52 Å². The van der Waals surface area contributed by atoms with Crippen LogP contribution < -0.4 is 5.32 Å². The summed E-state index contributed by atoms with van der Waals surface area (Å²) in [5.74, 6) is 1.00. The Kier molecular flexibility index (Phi) is 1.38. The number of carbonyl (C=O) groups excluding carboxylic acids is 1. The molecule has 4 nitrogen and oxygen atoms in total. The summed E-state index contributed by atoms with van der Waals surface area (Å²) in [6.45, 7) is 0. The lowest BCUT2D eigenvalue weighted by Gasteiger charge is -1.83. The minimum atomic E-state index is 0.432. The van der Waals surface area contributed by atoms with Gasteiger partial charge >= 0.3 is 0 Å². The van der Waals surface area contributed by atoms with Crippen molar-refractivity contribution < 1.29 is 9.32 Å². The van der Waals surface area contributed by atoms with Gasteiger partial charge in [0, 0.05) is 12.0 Å². The zero-order valence-electron chi connectivity index (χ0n) is 5.91. The van der Waals surface area contributed by atoms with Crippen molar-refractivity contribution in [3.05, 3.63) is 11.8 Å². The highest BCUT2D eigenvalue weighted by atomic mass is 16.5. The average molecular weight is 152 g/mol. The Labute approximate surface area is 63.6 Å². The fourth-order valence-electron chi connectivity index (χ4n) is 0.986. The minimum absolute atomic E-state index is 0.432. The van der Waals surface area contributed by atoms with Crippen molar-refractivity contribution in [1.82, 2.24) is 5.16 Å². The normalized spacial score (nSPS) is 16.4. The number of anilines is 1. The summed E-state index contributed by atoms with van der Waals surface area (Å²) in [4.78, 5) is 9.97. The van der Waals surface area contributed by atoms with Gasteiger partial charge in [0.25, 0.3) is 0 Å². The molecule has 1 aromatic heterocycles. The van der Waals surface area contributed by atoms with E-state index < -0.39 is 0 Å². The van der Waals surface area contributed by atoms with Crippen LogP contribution in [0.1, 0.15) is 24.5 Å². The standard InChI is InChI=1S/C7H8N2O2/c10-4-8-7-3-6(9-11-7)5-1-2-5/h3-5H,1-2H2,(H,8,10). The van der Waals surface area contributed by atoms with Gasteiger partial charge in [0.15, 0.2) is 0 Å². The molecular formula is C7H8N2O2. The van der Waals surface area contributed by atoms with Crippen LogP contribution in [0, 0.1) is 0 Å². The largest absolute Gasteiger partial charge is 0.338 e. The van der Waals surface area contributed by atoms with Gasteiger partial charge in [0.2, 0.25) is 12.3 Å². The molecule has 0 aromatic carbocycles. The second-order valence-electron chi connectivity index (χ2n) is 2.65. The molecule has 0 unspecified atom stereocenters. The number of hydrogen-bond acceptors (Lipinski definition) is 3. The summed E-state index contributed by atoms with van der Waals surface area (Å²) in [6.07, 6.45) is 2.96. The lowest BCUT2D eigenvalue weighted by Crippen LogP contribution is -1.90. The van der Waals surface area contributed by atoms with Gasteiger partial charge in [-0.3, -0.25) is 10.1 Å². The van der Waals surface area contributed by atoms with E-state index >= 15 is 0 Å². The summed E-state index contributed by atoms with van der Waals surface area (Å²) in [5.41, 5.74) is 0.953. The van der Waals surface area contributed by atoms with Crippen LogP contribution in [0.4, 0.5) is 5.88 Å². The van der Waals surface area contributed by atoms with E-state index in [0.29, 0.717) is 18.2 Å². The number of aromatic nitrogens is 1. The van der Waals surface area contributed by atoms with E-state index in [1.165, 1.54) is 12.8 Å². The summed E-state index contributed by atoms with van der Waals surface area (Å²) in [6, 6.07) is 1.77. The highest BCUT2D eigenvalue weighted by Crippen LogP contribution is 2.39. The van der Waals surface area contributed by atoms with Crippen molar-refractivity contribution >= 4 is 12.3 Å². The molecule has 11 heavy (non-hydrogen) atoms. The first-order valence-corrected chi connectivity index (χ1v) is 3.57. The number of rotatable bonds is 3. The Morgan fingerprint density at radius 3 is 3.18 bits per heavy atom. The van der Waals surface area contributed by atoms with E-state index in [0.717, 1.165) is 5.69 Å². The first-order chi connectivity index (χ1) is 5.40. The highest BCUT2D eigenvalue weighted by Gasteiger charge is 2.26. The van der Waals surface area contributed by atoms with Gasteiger partial charge in [-0.15, -0.1) is 0 Å². The molecule has 0 radical (unpaired) electrons. The van der Waals surface area contributed by atoms with Gasteiger partial charge in [-0.05, 0) is 12.8 Å². The van der Waals surface area contributed by atoms with Crippen molar-refractivity contribution in [3.63, 3.8) is 0 Å². The third kappa shape index (κ3) is 1.24. The first-order valence-electron chi connectivity index (χ1n) is 3.57. The third-order valence-corrected chi connectivity index (χ3v) is 1.73. The van der Waals surface area contributed by atoms with E-state index in [4.69, 9.17) is 4.52 Å². The van der Waals surface area contributed by atoms with E-state index in [-0.39, 0.29) is 0 Å². The maximum atomic E-state index is 9.97. The van der Waals surface area contributed by atoms with Crippen LogP contribution in [0.15, 0.2) is 10.6 Å². The molecule has 1 aromatic rings.